The highest BCUT2D eigenvalue weighted by molar-refractivity contribution is 6.33. The standard InChI is InChI=1S/C11H18O5.C10H18O5/c1-11(2,3)16-9(13)7-5-6-8(12)10(14)15-4;1-10(2,3)15-8(12)6-5-7(11)9(13)14-4/h5-7H2,1-4H3;7,11H,5-6H2,1-4H3. The summed E-state index contributed by atoms with van der Waals surface area (Å²) in [5.41, 5.74) is -1.07. The van der Waals surface area contributed by atoms with Crippen LogP contribution in [0.15, 0.2) is 0 Å². The Morgan fingerprint density at radius 1 is 0.742 bits per heavy atom. The minimum Gasteiger partial charge on any atom is -0.467 e. The monoisotopic (exact) mass is 448 g/mol. The van der Waals surface area contributed by atoms with Crippen molar-refractivity contribution in [2.45, 2.75) is 91.0 Å². The third kappa shape index (κ3) is 19.2. The first-order valence-electron chi connectivity index (χ1n) is 9.83. The average molecular weight is 449 g/mol. The molecule has 31 heavy (non-hydrogen) atoms. The van der Waals surface area contributed by atoms with Crippen LogP contribution in [0, 0.1) is 0 Å². The van der Waals surface area contributed by atoms with Crippen LogP contribution >= 0.6 is 0 Å². The second kappa shape index (κ2) is 14.5. The van der Waals surface area contributed by atoms with Crippen molar-refractivity contribution in [3.63, 3.8) is 0 Å². The largest absolute Gasteiger partial charge is 0.467 e. The molecule has 0 aliphatic rings. The van der Waals surface area contributed by atoms with Gasteiger partial charge in [0, 0.05) is 19.3 Å². The molecule has 0 saturated carbocycles. The van der Waals surface area contributed by atoms with Crippen LogP contribution in [0.2, 0.25) is 0 Å². The molecule has 0 rings (SSSR count). The Morgan fingerprint density at radius 2 is 1.19 bits per heavy atom. The molecule has 0 saturated heterocycles. The molecule has 1 unspecified atom stereocenters. The van der Waals surface area contributed by atoms with Crippen LogP contribution in [0.5, 0.6) is 0 Å². The third-order valence-electron chi connectivity index (χ3n) is 3.13. The zero-order chi connectivity index (χ0) is 24.8. The molecular formula is C21H36O10. The van der Waals surface area contributed by atoms with Gasteiger partial charge in [0.1, 0.15) is 11.2 Å². The Kier molecular flexibility index (Phi) is 14.4. The van der Waals surface area contributed by atoms with Crippen LogP contribution in [-0.2, 0) is 42.9 Å². The second-order valence-corrected chi connectivity index (χ2v) is 8.52. The summed E-state index contributed by atoms with van der Waals surface area (Å²) in [7, 11) is 2.33. The maximum absolute atomic E-state index is 11.2. The predicted octanol–water partition coefficient (Wildman–Crippen LogP) is 1.88. The molecule has 0 heterocycles. The van der Waals surface area contributed by atoms with Crippen molar-refractivity contribution in [3.8, 4) is 0 Å². The van der Waals surface area contributed by atoms with Crippen molar-refractivity contribution in [2.75, 3.05) is 14.2 Å². The fourth-order valence-electron chi connectivity index (χ4n) is 1.90. The number of carbonyl (C=O) groups excluding carboxylic acids is 5. The van der Waals surface area contributed by atoms with Crippen LogP contribution in [0.3, 0.4) is 0 Å². The number of aliphatic hydroxyl groups excluding tert-OH is 1. The number of ketones is 1. The summed E-state index contributed by atoms with van der Waals surface area (Å²) < 4.78 is 18.6. The molecule has 0 aromatic heterocycles. The highest BCUT2D eigenvalue weighted by Crippen LogP contribution is 2.11. The molecule has 10 nitrogen and oxygen atoms in total. The van der Waals surface area contributed by atoms with Gasteiger partial charge in [0.15, 0.2) is 6.10 Å². The van der Waals surface area contributed by atoms with Crippen molar-refractivity contribution in [2.24, 2.45) is 0 Å². The fourth-order valence-corrected chi connectivity index (χ4v) is 1.90. The molecule has 0 aromatic carbocycles. The molecule has 10 heteroatoms. The van der Waals surface area contributed by atoms with Crippen LogP contribution in [-0.4, -0.2) is 66.3 Å². The van der Waals surface area contributed by atoms with Gasteiger partial charge in [0.05, 0.1) is 14.2 Å². The Balaban J connectivity index is 0. The van der Waals surface area contributed by atoms with Crippen molar-refractivity contribution in [3.05, 3.63) is 0 Å². The maximum atomic E-state index is 11.2. The van der Waals surface area contributed by atoms with Gasteiger partial charge in [-0.3, -0.25) is 14.4 Å². The van der Waals surface area contributed by atoms with Crippen molar-refractivity contribution >= 4 is 29.7 Å². The number of rotatable bonds is 9. The van der Waals surface area contributed by atoms with Gasteiger partial charge in [0.25, 0.3) is 0 Å². The number of ether oxygens (including phenoxy) is 4. The Labute approximate surface area is 183 Å². The van der Waals surface area contributed by atoms with E-state index in [1.807, 2.05) is 0 Å². The van der Waals surface area contributed by atoms with Crippen LogP contribution in [0.25, 0.3) is 0 Å². The van der Waals surface area contributed by atoms with E-state index in [4.69, 9.17) is 9.47 Å². The number of esters is 4. The lowest BCUT2D eigenvalue weighted by Gasteiger charge is -2.19. The van der Waals surface area contributed by atoms with Crippen molar-refractivity contribution in [1.29, 1.82) is 0 Å². The number of methoxy groups -OCH3 is 2. The SMILES string of the molecule is COC(=O)C(=O)CCCC(=O)OC(C)(C)C.COC(=O)C(O)CCC(=O)OC(C)(C)C. The number of carbonyl (C=O) groups is 5. The Bertz CT molecular complexity index is 611. The van der Waals surface area contributed by atoms with Gasteiger partial charge in [-0.2, -0.15) is 0 Å². The van der Waals surface area contributed by atoms with E-state index < -0.39 is 41.0 Å². The van der Waals surface area contributed by atoms with Gasteiger partial charge in [-0.25, -0.2) is 9.59 Å². The summed E-state index contributed by atoms with van der Waals surface area (Å²) in [6.07, 6.45) is -0.827. The molecule has 0 amide bonds. The third-order valence-corrected chi connectivity index (χ3v) is 3.13. The zero-order valence-electron chi connectivity index (χ0n) is 19.7. The molecule has 1 atom stereocenters. The van der Waals surface area contributed by atoms with E-state index in [9.17, 15) is 29.1 Å². The highest BCUT2D eigenvalue weighted by Gasteiger charge is 2.21. The summed E-state index contributed by atoms with van der Waals surface area (Å²) in [6, 6.07) is 0. The normalized spacial score (nSPS) is 11.9. The quantitative estimate of drug-likeness (QED) is 0.315. The van der Waals surface area contributed by atoms with Gasteiger partial charge in [-0.05, 0) is 54.4 Å². The van der Waals surface area contributed by atoms with Gasteiger partial charge < -0.3 is 24.1 Å². The molecule has 0 spiro atoms. The maximum Gasteiger partial charge on any atom is 0.374 e. The van der Waals surface area contributed by atoms with Crippen molar-refractivity contribution < 1.29 is 48.0 Å². The Hall–Kier alpha value is -2.49. The zero-order valence-corrected chi connectivity index (χ0v) is 19.7. The summed E-state index contributed by atoms with van der Waals surface area (Å²) >= 11 is 0. The first-order valence-corrected chi connectivity index (χ1v) is 9.83. The number of aliphatic hydroxyl groups is 1. The fraction of sp³-hybridized carbons (Fsp3) is 0.762. The second-order valence-electron chi connectivity index (χ2n) is 8.52. The van der Waals surface area contributed by atoms with Crippen LogP contribution in [0.4, 0.5) is 0 Å². The van der Waals surface area contributed by atoms with Crippen molar-refractivity contribution in [1.82, 2.24) is 0 Å². The summed E-state index contributed by atoms with van der Waals surface area (Å²) in [5.74, 6) is -3.04. The first-order chi connectivity index (χ1) is 14.0. The summed E-state index contributed by atoms with van der Waals surface area (Å²) in [4.78, 5) is 54.9. The van der Waals surface area contributed by atoms with Gasteiger partial charge in [0.2, 0.25) is 5.78 Å². The molecule has 0 aromatic rings. The van der Waals surface area contributed by atoms with E-state index in [1.54, 1.807) is 41.5 Å². The molecular weight excluding hydrogens is 412 g/mol. The minimum absolute atomic E-state index is 0.00587. The number of hydrogen-bond donors (Lipinski definition) is 1. The lowest BCUT2D eigenvalue weighted by atomic mass is 10.1. The molecule has 180 valence electrons. The van der Waals surface area contributed by atoms with Gasteiger partial charge in [-0.15, -0.1) is 0 Å². The minimum atomic E-state index is -1.26. The average Bonchev–Trinajstić information content (AvgIpc) is 2.62. The topological polar surface area (TPSA) is 142 Å². The predicted molar refractivity (Wildman–Crippen MR) is 110 cm³/mol. The summed E-state index contributed by atoms with van der Waals surface area (Å²) in [6.45, 7) is 10.6. The summed E-state index contributed by atoms with van der Waals surface area (Å²) in [5, 5.41) is 9.18. The molecule has 0 fully saturated rings. The van der Waals surface area contributed by atoms with E-state index in [2.05, 4.69) is 9.47 Å². The molecule has 0 aliphatic heterocycles. The highest BCUT2D eigenvalue weighted by atomic mass is 16.6. The van der Waals surface area contributed by atoms with Gasteiger partial charge in [-0.1, -0.05) is 0 Å². The lowest BCUT2D eigenvalue weighted by molar-refractivity contribution is -0.157. The first kappa shape index (κ1) is 30.7. The smallest absolute Gasteiger partial charge is 0.374 e. The van der Waals surface area contributed by atoms with Crippen LogP contribution in [0.1, 0.15) is 73.6 Å². The van der Waals surface area contributed by atoms with E-state index >= 15 is 0 Å². The Morgan fingerprint density at radius 3 is 1.58 bits per heavy atom. The van der Waals surface area contributed by atoms with E-state index in [-0.39, 0.29) is 31.7 Å². The number of hydrogen-bond acceptors (Lipinski definition) is 10. The molecule has 0 radical (unpaired) electrons. The van der Waals surface area contributed by atoms with Crippen LogP contribution < -0.4 is 0 Å². The van der Waals surface area contributed by atoms with E-state index in [0.29, 0.717) is 6.42 Å². The molecule has 0 bridgehead atoms. The van der Waals surface area contributed by atoms with Gasteiger partial charge >= 0.3 is 23.9 Å². The lowest BCUT2D eigenvalue weighted by Crippen LogP contribution is -2.26. The number of Topliss-reactive ketones (excluding diaryl/α,β-unsaturated/α-hetero) is 1. The molecule has 1 N–H and O–H groups in total. The van der Waals surface area contributed by atoms with E-state index in [1.165, 1.54) is 7.11 Å². The molecule has 0 aliphatic carbocycles. The van der Waals surface area contributed by atoms with E-state index in [0.717, 1.165) is 7.11 Å².